The zero-order valence-electron chi connectivity index (χ0n) is 14.3. The Labute approximate surface area is 146 Å². The summed E-state index contributed by atoms with van der Waals surface area (Å²) in [7, 11) is -2.45. The van der Waals surface area contributed by atoms with E-state index in [4.69, 9.17) is 9.84 Å². The predicted octanol–water partition coefficient (Wildman–Crippen LogP) is 0.976. The molecule has 1 amide bonds. The smallest absolute Gasteiger partial charge is 0.310 e. The monoisotopic (exact) mass is 370 g/mol. The van der Waals surface area contributed by atoms with Gasteiger partial charge < -0.3 is 15.2 Å². The molecule has 1 fully saturated rings. The van der Waals surface area contributed by atoms with Gasteiger partial charge in [-0.05, 0) is 44.9 Å². The molecule has 1 aliphatic rings. The van der Waals surface area contributed by atoms with Crippen LogP contribution >= 0.6 is 0 Å². The lowest BCUT2D eigenvalue weighted by atomic mass is 9.94. The summed E-state index contributed by atoms with van der Waals surface area (Å²) in [5.74, 6) is -1.46. The van der Waals surface area contributed by atoms with Crippen molar-refractivity contribution in [3.05, 3.63) is 23.8 Å². The molecule has 0 aromatic heterocycles. The lowest BCUT2D eigenvalue weighted by molar-refractivity contribution is -0.146. The fraction of sp³-hybridized carbons (Fsp3) is 0.500. The van der Waals surface area contributed by atoms with Crippen molar-refractivity contribution >= 4 is 21.9 Å². The summed E-state index contributed by atoms with van der Waals surface area (Å²) in [4.78, 5) is 23.2. The van der Waals surface area contributed by atoms with Crippen LogP contribution in [0.25, 0.3) is 0 Å². The number of amides is 1. The minimum atomic E-state index is -3.80. The SMILES string of the molecule is COc1ccc(C(=O)NCC(C)(C)C(=O)O)cc1S(=O)(=O)NC1CC1. The molecule has 1 aromatic rings. The molecule has 0 aliphatic heterocycles. The summed E-state index contributed by atoms with van der Waals surface area (Å²) >= 11 is 0. The number of carbonyl (C=O) groups excluding carboxylic acids is 1. The Bertz CT molecular complexity index is 784. The molecular weight excluding hydrogens is 348 g/mol. The third-order valence-corrected chi connectivity index (χ3v) is 5.43. The standard InChI is InChI=1S/C16H22N2O6S/c1-16(2,15(20)21)9-17-14(19)10-4-7-12(24-3)13(8-10)25(22,23)18-11-5-6-11/h4,7-8,11,18H,5-6,9H2,1-3H3,(H,17,19)(H,20,21). The van der Waals surface area contributed by atoms with Crippen molar-refractivity contribution in [2.75, 3.05) is 13.7 Å². The molecule has 0 saturated heterocycles. The number of sulfonamides is 1. The number of ether oxygens (including phenoxy) is 1. The van der Waals surface area contributed by atoms with Gasteiger partial charge in [0.2, 0.25) is 10.0 Å². The largest absolute Gasteiger partial charge is 0.495 e. The number of aliphatic carboxylic acids is 1. The summed E-state index contributed by atoms with van der Waals surface area (Å²) in [5, 5.41) is 11.6. The minimum Gasteiger partial charge on any atom is -0.495 e. The third-order valence-electron chi connectivity index (χ3n) is 3.88. The molecule has 3 N–H and O–H groups in total. The zero-order chi connectivity index (χ0) is 18.8. The molecule has 1 saturated carbocycles. The number of hydrogen-bond acceptors (Lipinski definition) is 5. The van der Waals surface area contributed by atoms with Gasteiger partial charge in [-0.1, -0.05) is 0 Å². The summed E-state index contributed by atoms with van der Waals surface area (Å²) in [6.45, 7) is 2.88. The average molecular weight is 370 g/mol. The van der Waals surface area contributed by atoms with E-state index < -0.39 is 27.3 Å². The van der Waals surface area contributed by atoms with Crippen LogP contribution in [0.3, 0.4) is 0 Å². The lowest BCUT2D eigenvalue weighted by Gasteiger charge is -2.19. The highest BCUT2D eigenvalue weighted by Gasteiger charge is 2.31. The van der Waals surface area contributed by atoms with E-state index in [9.17, 15) is 18.0 Å². The molecule has 0 heterocycles. The Hall–Kier alpha value is -2.13. The van der Waals surface area contributed by atoms with Crippen LogP contribution in [0.4, 0.5) is 0 Å². The van der Waals surface area contributed by atoms with Gasteiger partial charge in [0, 0.05) is 18.2 Å². The molecule has 0 atom stereocenters. The number of carbonyl (C=O) groups is 2. The molecule has 0 spiro atoms. The maximum absolute atomic E-state index is 12.4. The topological polar surface area (TPSA) is 122 Å². The molecule has 2 rings (SSSR count). The number of methoxy groups -OCH3 is 1. The third kappa shape index (κ3) is 4.70. The Morgan fingerprint density at radius 2 is 1.96 bits per heavy atom. The van der Waals surface area contributed by atoms with Crippen LogP contribution < -0.4 is 14.8 Å². The van der Waals surface area contributed by atoms with Gasteiger partial charge in [0.15, 0.2) is 0 Å². The van der Waals surface area contributed by atoms with E-state index in [0.29, 0.717) is 0 Å². The van der Waals surface area contributed by atoms with Crippen molar-refractivity contribution in [3.63, 3.8) is 0 Å². The minimum absolute atomic E-state index is 0.0800. The van der Waals surface area contributed by atoms with E-state index >= 15 is 0 Å². The molecule has 138 valence electrons. The van der Waals surface area contributed by atoms with Crippen molar-refractivity contribution in [3.8, 4) is 5.75 Å². The van der Waals surface area contributed by atoms with Gasteiger partial charge in [-0.3, -0.25) is 9.59 Å². The van der Waals surface area contributed by atoms with Crippen molar-refractivity contribution in [1.29, 1.82) is 0 Å². The van der Waals surface area contributed by atoms with Crippen molar-refractivity contribution in [2.24, 2.45) is 5.41 Å². The Balaban J connectivity index is 2.23. The first-order valence-electron chi connectivity index (χ1n) is 7.79. The van der Waals surface area contributed by atoms with Crippen LogP contribution in [0.15, 0.2) is 23.1 Å². The van der Waals surface area contributed by atoms with E-state index in [1.54, 1.807) is 0 Å². The molecule has 0 unspecified atom stereocenters. The summed E-state index contributed by atoms with van der Waals surface area (Å²) < 4.78 is 32.5. The summed E-state index contributed by atoms with van der Waals surface area (Å²) in [6, 6.07) is 3.98. The Morgan fingerprint density at radius 3 is 2.48 bits per heavy atom. The highest BCUT2D eigenvalue weighted by atomic mass is 32.2. The highest BCUT2D eigenvalue weighted by Crippen LogP contribution is 2.28. The van der Waals surface area contributed by atoms with E-state index in [-0.39, 0.29) is 28.8 Å². The van der Waals surface area contributed by atoms with E-state index in [0.717, 1.165) is 12.8 Å². The second-order valence-electron chi connectivity index (χ2n) is 6.63. The quantitative estimate of drug-likeness (QED) is 0.627. The number of rotatable bonds is 8. The number of carboxylic acids is 1. The van der Waals surface area contributed by atoms with Crippen LogP contribution in [0.1, 0.15) is 37.0 Å². The summed E-state index contributed by atoms with van der Waals surface area (Å²) in [5.41, 5.74) is -1.02. The lowest BCUT2D eigenvalue weighted by Crippen LogP contribution is -2.39. The Kier molecular flexibility index (Phi) is 5.38. The number of benzene rings is 1. The predicted molar refractivity (Wildman–Crippen MR) is 90.1 cm³/mol. The molecule has 1 aliphatic carbocycles. The number of nitrogens with one attached hydrogen (secondary N) is 2. The van der Waals surface area contributed by atoms with Crippen LogP contribution in [0, 0.1) is 5.41 Å². The fourth-order valence-electron chi connectivity index (χ4n) is 1.99. The van der Waals surface area contributed by atoms with Crippen molar-refractivity contribution in [2.45, 2.75) is 37.6 Å². The molecule has 1 aromatic carbocycles. The number of hydrogen-bond donors (Lipinski definition) is 3. The number of carboxylic acid groups (broad SMARTS) is 1. The van der Waals surface area contributed by atoms with E-state index in [1.165, 1.54) is 39.2 Å². The van der Waals surface area contributed by atoms with Crippen LogP contribution in [0.5, 0.6) is 5.75 Å². The second kappa shape index (κ2) is 7.01. The first-order valence-corrected chi connectivity index (χ1v) is 9.27. The van der Waals surface area contributed by atoms with Crippen molar-refractivity contribution in [1.82, 2.24) is 10.0 Å². The molecule has 25 heavy (non-hydrogen) atoms. The van der Waals surface area contributed by atoms with Gasteiger partial charge in [-0.25, -0.2) is 13.1 Å². The molecule has 0 bridgehead atoms. The van der Waals surface area contributed by atoms with Gasteiger partial charge in [0.25, 0.3) is 5.91 Å². The van der Waals surface area contributed by atoms with Gasteiger partial charge in [0.1, 0.15) is 10.6 Å². The van der Waals surface area contributed by atoms with Gasteiger partial charge >= 0.3 is 5.97 Å². The Morgan fingerprint density at radius 1 is 1.32 bits per heavy atom. The van der Waals surface area contributed by atoms with Gasteiger partial charge in [0.05, 0.1) is 12.5 Å². The van der Waals surface area contributed by atoms with E-state index in [1.807, 2.05) is 0 Å². The van der Waals surface area contributed by atoms with Gasteiger partial charge in [-0.15, -0.1) is 0 Å². The van der Waals surface area contributed by atoms with Crippen LogP contribution in [0.2, 0.25) is 0 Å². The highest BCUT2D eigenvalue weighted by molar-refractivity contribution is 7.89. The maximum atomic E-state index is 12.4. The molecule has 9 heteroatoms. The van der Waals surface area contributed by atoms with E-state index in [2.05, 4.69) is 10.0 Å². The average Bonchev–Trinajstić information content (AvgIpc) is 3.35. The van der Waals surface area contributed by atoms with Crippen LogP contribution in [-0.2, 0) is 14.8 Å². The molecular formula is C16H22N2O6S. The maximum Gasteiger partial charge on any atom is 0.310 e. The first-order chi connectivity index (χ1) is 11.6. The molecule has 0 radical (unpaired) electrons. The fourth-order valence-corrected chi connectivity index (χ4v) is 3.49. The van der Waals surface area contributed by atoms with Crippen molar-refractivity contribution < 1.29 is 27.9 Å². The van der Waals surface area contributed by atoms with Gasteiger partial charge in [-0.2, -0.15) is 0 Å². The zero-order valence-corrected chi connectivity index (χ0v) is 15.1. The summed E-state index contributed by atoms with van der Waals surface area (Å²) in [6.07, 6.45) is 1.57. The molecule has 8 nitrogen and oxygen atoms in total. The van der Waals surface area contributed by atoms with Crippen LogP contribution in [-0.4, -0.2) is 45.1 Å². The first kappa shape index (κ1) is 19.2. The normalized spacial score (nSPS) is 14.8. The second-order valence-corrected chi connectivity index (χ2v) is 8.32.